The summed E-state index contributed by atoms with van der Waals surface area (Å²) in [5.74, 6) is 0.564. The molecule has 0 radical (unpaired) electrons. The molecule has 2 heterocycles. The zero-order valence-corrected chi connectivity index (χ0v) is 9.82. The van der Waals surface area contributed by atoms with Gasteiger partial charge in [-0.15, -0.1) is 0 Å². The van der Waals surface area contributed by atoms with Gasteiger partial charge in [0.1, 0.15) is 0 Å². The van der Waals surface area contributed by atoms with Crippen molar-refractivity contribution in [1.82, 2.24) is 9.55 Å². The largest absolute Gasteiger partial charge is 0.369 e. The number of nitrogens with two attached hydrogens (primary N) is 1. The van der Waals surface area contributed by atoms with Crippen molar-refractivity contribution in [2.24, 2.45) is 0 Å². The second kappa shape index (κ2) is 2.98. The van der Waals surface area contributed by atoms with E-state index >= 15 is 0 Å². The molecule has 0 bridgehead atoms. The van der Waals surface area contributed by atoms with Crippen LogP contribution in [0.4, 0.5) is 5.95 Å². The minimum absolute atomic E-state index is 0.0924. The molecular formula is C11H19N3O. The van der Waals surface area contributed by atoms with Gasteiger partial charge in [0, 0.05) is 12.4 Å². The number of rotatable bonds is 1. The fourth-order valence-corrected chi connectivity index (χ4v) is 2.55. The molecule has 2 N–H and O–H groups in total. The van der Waals surface area contributed by atoms with E-state index in [-0.39, 0.29) is 17.2 Å². The third-order valence-corrected chi connectivity index (χ3v) is 3.06. The maximum Gasteiger partial charge on any atom is 0.200 e. The van der Waals surface area contributed by atoms with E-state index in [1.807, 2.05) is 10.8 Å². The van der Waals surface area contributed by atoms with Crippen LogP contribution in [-0.4, -0.2) is 20.8 Å². The van der Waals surface area contributed by atoms with Crippen molar-refractivity contribution in [2.45, 2.75) is 51.4 Å². The van der Waals surface area contributed by atoms with Gasteiger partial charge in [-0.05, 0) is 34.1 Å². The van der Waals surface area contributed by atoms with Crippen LogP contribution in [0, 0.1) is 0 Å². The fourth-order valence-electron chi connectivity index (χ4n) is 2.55. The van der Waals surface area contributed by atoms with Crippen LogP contribution in [0.25, 0.3) is 0 Å². The zero-order valence-electron chi connectivity index (χ0n) is 9.82. The number of nitrogens with zero attached hydrogens (tertiary/aromatic N) is 2. The van der Waals surface area contributed by atoms with E-state index in [0.717, 1.165) is 6.42 Å². The Kier molecular flexibility index (Phi) is 2.08. The summed E-state index contributed by atoms with van der Waals surface area (Å²) in [6.45, 7) is 8.43. The molecule has 4 heteroatoms. The molecule has 4 nitrogen and oxygen atoms in total. The van der Waals surface area contributed by atoms with Gasteiger partial charge < -0.3 is 15.0 Å². The molecule has 0 spiro atoms. The van der Waals surface area contributed by atoms with E-state index in [9.17, 15) is 0 Å². The molecule has 0 aliphatic carbocycles. The SMILES string of the molecule is CC1(C)CC(n2ccnc2N)C(C)(C)O1. The van der Waals surface area contributed by atoms with Gasteiger partial charge in [-0.1, -0.05) is 0 Å². The summed E-state index contributed by atoms with van der Waals surface area (Å²) in [5.41, 5.74) is 5.54. The van der Waals surface area contributed by atoms with Crippen LogP contribution in [0.1, 0.15) is 40.2 Å². The minimum atomic E-state index is -0.196. The molecule has 1 aliphatic heterocycles. The van der Waals surface area contributed by atoms with Crippen LogP contribution in [-0.2, 0) is 4.74 Å². The van der Waals surface area contributed by atoms with Crippen LogP contribution in [0.2, 0.25) is 0 Å². The molecule has 84 valence electrons. The van der Waals surface area contributed by atoms with Crippen LogP contribution < -0.4 is 5.73 Å². The van der Waals surface area contributed by atoms with Crippen LogP contribution in [0.15, 0.2) is 12.4 Å². The first-order valence-corrected chi connectivity index (χ1v) is 5.30. The number of hydrogen-bond donors (Lipinski definition) is 1. The van der Waals surface area contributed by atoms with Gasteiger partial charge in [0.25, 0.3) is 0 Å². The highest BCUT2D eigenvalue weighted by Gasteiger charge is 2.47. The summed E-state index contributed by atoms with van der Waals surface area (Å²) in [4.78, 5) is 4.06. The van der Waals surface area contributed by atoms with E-state index in [1.54, 1.807) is 6.20 Å². The van der Waals surface area contributed by atoms with Crippen molar-refractivity contribution >= 4 is 5.95 Å². The van der Waals surface area contributed by atoms with Gasteiger partial charge >= 0.3 is 0 Å². The van der Waals surface area contributed by atoms with Crippen LogP contribution >= 0.6 is 0 Å². The standard InChI is InChI=1S/C11H19N3O/c1-10(2)7-8(11(3,4)15-10)14-6-5-13-9(14)12/h5-6,8H,7H2,1-4H3,(H2,12,13). The highest BCUT2D eigenvalue weighted by atomic mass is 16.5. The minimum Gasteiger partial charge on any atom is -0.369 e. The summed E-state index contributed by atoms with van der Waals surface area (Å²) in [5, 5.41) is 0. The Labute approximate surface area is 90.4 Å². The van der Waals surface area contributed by atoms with Gasteiger partial charge in [0.05, 0.1) is 17.2 Å². The maximum atomic E-state index is 6.02. The lowest BCUT2D eigenvalue weighted by Gasteiger charge is -2.28. The Hall–Kier alpha value is -1.03. The molecule has 0 saturated carbocycles. The number of aromatic nitrogens is 2. The lowest BCUT2D eigenvalue weighted by molar-refractivity contribution is -0.0727. The molecule has 1 unspecified atom stereocenters. The molecule has 1 atom stereocenters. The number of anilines is 1. The number of hydrogen-bond acceptors (Lipinski definition) is 3. The zero-order chi connectivity index (χ0) is 11.3. The van der Waals surface area contributed by atoms with Crippen molar-refractivity contribution in [3.05, 3.63) is 12.4 Å². The summed E-state index contributed by atoms with van der Waals surface area (Å²) >= 11 is 0. The predicted octanol–water partition coefficient (Wildman–Crippen LogP) is 1.98. The maximum absolute atomic E-state index is 6.02. The molecule has 0 amide bonds. The third-order valence-electron chi connectivity index (χ3n) is 3.06. The Morgan fingerprint density at radius 3 is 2.53 bits per heavy atom. The summed E-state index contributed by atoms with van der Waals surface area (Å²) in [7, 11) is 0. The molecule has 1 saturated heterocycles. The first kappa shape index (κ1) is 10.5. The van der Waals surface area contributed by atoms with E-state index in [4.69, 9.17) is 10.5 Å². The normalized spacial score (nSPS) is 28.1. The van der Waals surface area contributed by atoms with Crippen molar-refractivity contribution in [2.75, 3.05) is 5.73 Å². The average Bonchev–Trinajstić information content (AvgIpc) is 2.52. The molecule has 0 aromatic carbocycles. The lowest BCUT2D eigenvalue weighted by atomic mass is 9.94. The molecule has 15 heavy (non-hydrogen) atoms. The second-order valence-electron chi connectivity index (χ2n) is 5.38. The second-order valence-corrected chi connectivity index (χ2v) is 5.38. The lowest BCUT2D eigenvalue weighted by Crippen LogP contribution is -2.31. The molecule has 1 fully saturated rings. The van der Waals surface area contributed by atoms with Gasteiger partial charge in [-0.25, -0.2) is 4.98 Å². The van der Waals surface area contributed by atoms with Crippen LogP contribution in [0.5, 0.6) is 0 Å². The molecule has 1 aromatic heterocycles. The number of nitrogen functional groups attached to an aromatic ring is 1. The van der Waals surface area contributed by atoms with Gasteiger partial charge in [-0.2, -0.15) is 0 Å². The Bertz CT molecular complexity index is 368. The molecule has 1 aliphatic rings. The monoisotopic (exact) mass is 209 g/mol. The third kappa shape index (κ3) is 1.74. The molecular weight excluding hydrogens is 190 g/mol. The van der Waals surface area contributed by atoms with Gasteiger partial charge in [0.2, 0.25) is 0 Å². The van der Waals surface area contributed by atoms with Crippen molar-refractivity contribution < 1.29 is 4.74 Å². The van der Waals surface area contributed by atoms with Gasteiger partial charge in [0.15, 0.2) is 5.95 Å². The molecule has 1 aromatic rings. The predicted molar refractivity (Wildman–Crippen MR) is 59.5 cm³/mol. The molecule has 2 rings (SSSR count). The highest BCUT2D eigenvalue weighted by Crippen LogP contribution is 2.45. The van der Waals surface area contributed by atoms with Crippen molar-refractivity contribution in [3.63, 3.8) is 0 Å². The van der Waals surface area contributed by atoms with E-state index in [2.05, 4.69) is 32.7 Å². The first-order valence-electron chi connectivity index (χ1n) is 5.30. The van der Waals surface area contributed by atoms with Crippen LogP contribution in [0.3, 0.4) is 0 Å². The smallest absolute Gasteiger partial charge is 0.200 e. The van der Waals surface area contributed by atoms with E-state index < -0.39 is 0 Å². The summed E-state index contributed by atoms with van der Waals surface area (Å²) < 4.78 is 8.03. The summed E-state index contributed by atoms with van der Waals surface area (Å²) in [6.07, 6.45) is 4.61. The fraction of sp³-hybridized carbons (Fsp3) is 0.727. The van der Waals surface area contributed by atoms with Crippen molar-refractivity contribution in [3.8, 4) is 0 Å². The first-order chi connectivity index (χ1) is 6.82. The van der Waals surface area contributed by atoms with Gasteiger partial charge in [-0.3, -0.25) is 0 Å². The van der Waals surface area contributed by atoms with E-state index in [0.29, 0.717) is 5.95 Å². The Morgan fingerprint density at radius 1 is 1.47 bits per heavy atom. The highest BCUT2D eigenvalue weighted by molar-refractivity contribution is 5.20. The quantitative estimate of drug-likeness (QED) is 0.769. The topological polar surface area (TPSA) is 53.1 Å². The average molecular weight is 209 g/mol. The summed E-state index contributed by atoms with van der Waals surface area (Å²) in [6, 6.07) is 0.259. The van der Waals surface area contributed by atoms with Crippen molar-refractivity contribution in [1.29, 1.82) is 0 Å². The Morgan fingerprint density at radius 2 is 2.13 bits per heavy atom. The number of imidazole rings is 1. The van der Waals surface area contributed by atoms with E-state index in [1.165, 1.54) is 0 Å². The number of ether oxygens (including phenoxy) is 1. The Balaban J connectivity index is 2.35.